The number of hydrogen-bond acceptors (Lipinski definition) is 5. The van der Waals surface area contributed by atoms with Gasteiger partial charge in [-0.3, -0.25) is 14.9 Å². The molecule has 0 heterocycles. The molecule has 0 fully saturated rings. The molecule has 0 aliphatic carbocycles. The van der Waals surface area contributed by atoms with Crippen LogP contribution in [-0.2, 0) is 11.2 Å². The van der Waals surface area contributed by atoms with Gasteiger partial charge in [0.25, 0.3) is 5.69 Å². The van der Waals surface area contributed by atoms with Crippen LogP contribution in [0.4, 0.5) is 5.69 Å². The molecule has 0 aromatic heterocycles. The average molecular weight is 303 g/mol. The van der Waals surface area contributed by atoms with E-state index in [4.69, 9.17) is 14.6 Å². The number of methoxy groups -OCH3 is 1. The number of carbonyl (C=O) groups is 1. The second kappa shape index (κ2) is 6.57. The van der Waals surface area contributed by atoms with Gasteiger partial charge in [-0.15, -0.1) is 0 Å². The van der Waals surface area contributed by atoms with Crippen LogP contribution in [-0.4, -0.2) is 23.1 Å². The van der Waals surface area contributed by atoms with Crippen LogP contribution in [0.2, 0.25) is 0 Å². The minimum Gasteiger partial charge on any atom is -0.493 e. The zero-order valence-corrected chi connectivity index (χ0v) is 11.7. The zero-order valence-electron chi connectivity index (χ0n) is 11.7. The number of benzene rings is 2. The number of non-ortho nitro benzene ring substituents is 1. The summed E-state index contributed by atoms with van der Waals surface area (Å²) in [6, 6.07) is 10.7. The molecule has 0 amide bonds. The van der Waals surface area contributed by atoms with Gasteiger partial charge in [0.05, 0.1) is 18.5 Å². The summed E-state index contributed by atoms with van der Waals surface area (Å²) in [5.74, 6) is -0.00417. The third-order valence-corrected chi connectivity index (χ3v) is 2.89. The predicted octanol–water partition coefficient (Wildman–Crippen LogP) is 3.02. The summed E-state index contributed by atoms with van der Waals surface area (Å²) >= 11 is 0. The van der Waals surface area contributed by atoms with Crippen LogP contribution in [0.1, 0.15) is 5.56 Å². The molecule has 0 spiro atoms. The fourth-order valence-corrected chi connectivity index (χ4v) is 1.90. The number of ether oxygens (including phenoxy) is 2. The van der Waals surface area contributed by atoms with Crippen molar-refractivity contribution in [2.45, 2.75) is 6.42 Å². The quantitative estimate of drug-likeness (QED) is 0.650. The highest BCUT2D eigenvalue weighted by Gasteiger charge is 2.16. The van der Waals surface area contributed by atoms with E-state index < -0.39 is 10.9 Å². The molecular weight excluding hydrogens is 290 g/mol. The summed E-state index contributed by atoms with van der Waals surface area (Å²) in [6.07, 6.45) is -0.383. The summed E-state index contributed by atoms with van der Waals surface area (Å²) < 4.78 is 10.8. The first-order valence-corrected chi connectivity index (χ1v) is 6.31. The molecule has 0 radical (unpaired) electrons. The van der Waals surface area contributed by atoms with Crippen LogP contribution in [0, 0.1) is 10.1 Å². The van der Waals surface area contributed by atoms with Crippen LogP contribution in [0.5, 0.6) is 17.2 Å². The lowest BCUT2D eigenvalue weighted by atomic mass is 10.1. The predicted molar refractivity (Wildman–Crippen MR) is 77.5 cm³/mol. The van der Waals surface area contributed by atoms with E-state index >= 15 is 0 Å². The SMILES string of the molecule is COc1ccccc1Oc1ccc([N+](=O)[O-])cc1CC(=O)O. The number of rotatable bonds is 6. The third-order valence-electron chi connectivity index (χ3n) is 2.89. The van der Waals surface area contributed by atoms with E-state index in [9.17, 15) is 14.9 Å². The Labute approximate surface area is 125 Å². The highest BCUT2D eigenvalue weighted by Crippen LogP contribution is 2.34. The van der Waals surface area contributed by atoms with Crippen LogP contribution in [0.25, 0.3) is 0 Å². The first-order chi connectivity index (χ1) is 10.5. The van der Waals surface area contributed by atoms with Crippen molar-refractivity contribution in [3.8, 4) is 17.2 Å². The Hall–Kier alpha value is -3.09. The monoisotopic (exact) mass is 303 g/mol. The van der Waals surface area contributed by atoms with Crippen LogP contribution in [0.15, 0.2) is 42.5 Å². The van der Waals surface area contributed by atoms with Gasteiger partial charge in [0, 0.05) is 17.7 Å². The number of carboxylic acid groups (broad SMARTS) is 1. The topological polar surface area (TPSA) is 98.9 Å². The van der Waals surface area contributed by atoms with Crippen molar-refractivity contribution >= 4 is 11.7 Å². The molecule has 0 aliphatic heterocycles. The number of para-hydroxylation sites is 2. The Kier molecular flexibility index (Phi) is 4.57. The maximum atomic E-state index is 10.9. The largest absolute Gasteiger partial charge is 0.493 e. The number of nitro benzene ring substituents is 1. The summed E-state index contributed by atoms with van der Waals surface area (Å²) in [7, 11) is 1.48. The van der Waals surface area contributed by atoms with Gasteiger partial charge >= 0.3 is 5.97 Å². The molecule has 1 N–H and O–H groups in total. The molecule has 0 unspecified atom stereocenters. The van der Waals surface area contributed by atoms with E-state index in [1.807, 2.05) is 0 Å². The molecule has 0 bridgehead atoms. The first kappa shape index (κ1) is 15.3. The number of nitrogens with zero attached hydrogens (tertiary/aromatic N) is 1. The lowest BCUT2D eigenvalue weighted by Gasteiger charge is -2.12. The molecular formula is C15H13NO6. The van der Waals surface area contributed by atoms with Crippen molar-refractivity contribution in [1.29, 1.82) is 0 Å². The standard InChI is InChI=1S/C15H13NO6/c1-21-13-4-2-3-5-14(13)22-12-7-6-11(16(19)20)8-10(12)9-15(17)18/h2-8H,9H2,1H3,(H,17,18). The second-order valence-corrected chi connectivity index (χ2v) is 4.37. The third kappa shape index (κ3) is 3.51. The van der Waals surface area contributed by atoms with Gasteiger partial charge in [-0.25, -0.2) is 0 Å². The van der Waals surface area contributed by atoms with Crippen molar-refractivity contribution in [3.05, 3.63) is 58.1 Å². The van der Waals surface area contributed by atoms with Gasteiger partial charge in [0.2, 0.25) is 0 Å². The fraction of sp³-hybridized carbons (Fsp3) is 0.133. The molecule has 2 rings (SSSR count). The van der Waals surface area contributed by atoms with Crippen molar-refractivity contribution in [2.24, 2.45) is 0 Å². The molecule has 22 heavy (non-hydrogen) atoms. The number of carboxylic acids is 1. The van der Waals surface area contributed by atoms with E-state index in [1.54, 1.807) is 24.3 Å². The van der Waals surface area contributed by atoms with E-state index in [-0.39, 0.29) is 23.4 Å². The highest BCUT2D eigenvalue weighted by molar-refractivity contribution is 5.72. The van der Waals surface area contributed by atoms with Gasteiger partial charge < -0.3 is 14.6 Å². The van der Waals surface area contributed by atoms with Crippen molar-refractivity contribution in [3.63, 3.8) is 0 Å². The maximum Gasteiger partial charge on any atom is 0.307 e. The Morgan fingerprint density at radius 1 is 1.18 bits per heavy atom. The van der Waals surface area contributed by atoms with E-state index in [0.717, 1.165) is 0 Å². The second-order valence-electron chi connectivity index (χ2n) is 4.37. The minimum absolute atomic E-state index is 0.191. The van der Waals surface area contributed by atoms with Crippen molar-refractivity contribution in [2.75, 3.05) is 7.11 Å². The zero-order chi connectivity index (χ0) is 16.1. The highest BCUT2D eigenvalue weighted by atomic mass is 16.6. The molecule has 0 saturated carbocycles. The Bertz CT molecular complexity index is 713. The summed E-state index contributed by atoms with van der Waals surface area (Å²) in [5.41, 5.74) is 0.0243. The van der Waals surface area contributed by atoms with E-state index in [1.165, 1.54) is 25.3 Å². The first-order valence-electron chi connectivity index (χ1n) is 6.31. The number of aliphatic carboxylic acids is 1. The van der Waals surface area contributed by atoms with Gasteiger partial charge in [-0.2, -0.15) is 0 Å². The summed E-state index contributed by atoms with van der Waals surface area (Å²) in [4.78, 5) is 21.1. The molecule has 2 aromatic rings. The van der Waals surface area contributed by atoms with E-state index in [0.29, 0.717) is 11.5 Å². The van der Waals surface area contributed by atoms with Crippen LogP contribution < -0.4 is 9.47 Å². The van der Waals surface area contributed by atoms with E-state index in [2.05, 4.69) is 0 Å². The Balaban J connectivity index is 2.41. The maximum absolute atomic E-state index is 10.9. The van der Waals surface area contributed by atoms with Gasteiger partial charge in [0.15, 0.2) is 11.5 Å². The molecule has 7 heteroatoms. The molecule has 0 saturated heterocycles. The van der Waals surface area contributed by atoms with Crippen LogP contribution in [0.3, 0.4) is 0 Å². The van der Waals surface area contributed by atoms with Gasteiger partial charge in [-0.05, 0) is 18.2 Å². The summed E-state index contributed by atoms with van der Waals surface area (Å²) in [6.45, 7) is 0. The van der Waals surface area contributed by atoms with Crippen LogP contribution >= 0.6 is 0 Å². The van der Waals surface area contributed by atoms with Crippen molar-refractivity contribution in [1.82, 2.24) is 0 Å². The number of nitro groups is 1. The normalized spacial score (nSPS) is 10.0. The smallest absolute Gasteiger partial charge is 0.307 e. The lowest BCUT2D eigenvalue weighted by molar-refractivity contribution is -0.384. The molecule has 2 aromatic carbocycles. The Morgan fingerprint density at radius 3 is 2.45 bits per heavy atom. The average Bonchev–Trinajstić information content (AvgIpc) is 2.48. The van der Waals surface area contributed by atoms with Gasteiger partial charge in [0.1, 0.15) is 5.75 Å². The molecule has 0 atom stereocenters. The lowest BCUT2D eigenvalue weighted by Crippen LogP contribution is -2.03. The number of hydrogen-bond donors (Lipinski definition) is 1. The molecule has 7 nitrogen and oxygen atoms in total. The minimum atomic E-state index is -1.11. The van der Waals surface area contributed by atoms with Crippen molar-refractivity contribution < 1.29 is 24.3 Å². The fourth-order valence-electron chi connectivity index (χ4n) is 1.90. The summed E-state index contributed by atoms with van der Waals surface area (Å²) in [5, 5.41) is 19.7. The molecule has 114 valence electrons. The molecule has 0 aliphatic rings. The van der Waals surface area contributed by atoms with Gasteiger partial charge in [-0.1, -0.05) is 12.1 Å². The Morgan fingerprint density at radius 2 is 1.86 bits per heavy atom.